The van der Waals surface area contributed by atoms with Gasteiger partial charge in [0.2, 0.25) is 5.91 Å². The van der Waals surface area contributed by atoms with Gasteiger partial charge in [0.1, 0.15) is 11.6 Å². The number of carbonyl (C=O) groups is 1. The van der Waals surface area contributed by atoms with E-state index >= 15 is 0 Å². The van der Waals surface area contributed by atoms with Gasteiger partial charge < -0.3 is 10.1 Å². The Morgan fingerprint density at radius 3 is 2.77 bits per heavy atom. The van der Waals surface area contributed by atoms with Crippen molar-refractivity contribution in [1.82, 2.24) is 5.32 Å². The minimum atomic E-state index is -0.294. The molecule has 1 N–H and O–H groups in total. The van der Waals surface area contributed by atoms with Crippen molar-refractivity contribution in [2.45, 2.75) is 26.3 Å². The number of hydrogen-bond donors (Lipinski definition) is 1. The Labute approximate surface area is 130 Å². The van der Waals surface area contributed by atoms with Crippen molar-refractivity contribution in [2.24, 2.45) is 0 Å². The Morgan fingerprint density at radius 1 is 1.18 bits per heavy atom. The summed E-state index contributed by atoms with van der Waals surface area (Å²) in [5, 5.41) is 2.80. The number of hydrogen-bond acceptors (Lipinski definition) is 2. The van der Waals surface area contributed by atoms with Crippen LogP contribution in [-0.4, -0.2) is 12.5 Å². The fourth-order valence-corrected chi connectivity index (χ4v) is 2.19. The van der Waals surface area contributed by atoms with Gasteiger partial charge in [0, 0.05) is 13.0 Å². The topological polar surface area (TPSA) is 38.3 Å². The summed E-state index contributed by atoms with van der Waals surface area (Å²) in [6, 6.07) is 13.9. The van der Waals surface area contributed by atoms with E-state index < -0.39 is 0 Å². The lowest BCUT2D eigenvalue weighted by Crippen LogP contribution is -2.23. The lowest BCUT2D eigenvalue weighted by atomic mass is 10.1. The SMILES string of the molecule is CCOc1ccccc1CCC(=O)NCc1cccc(F)c1. The van der Waals surface area contributed by atoms with E-state index in [1.165, 1.54) is 12.1 Å². The van der Waals surface area contributed by atoms with Gasteiger partial charge in [-0.2, -0.15) is 0 Å². The molecule has 2 rings (SSSR count). The molecule has 0 unspecified atom stereocenters. The first-order chi connectivity index (χ1) is 10.7. The molecule has 0 fully saturated rings. The largest absolute Gasteiger partial charge is 0.494 e. The van der Waals surface area contributed by atoms with Gasteiger partial charge in [-0.05, 0) is 42.7 Å². The monoisotopic (exact) mass is 301 g/mol. The molecule has 0 radical (unpaired) electrons. The van der Waals surface area contributed by atoms with Crippen LogP contribution in [0, 0.1) is 5.82 Å². The van der Waals surface area contributed by atoms with Crippen LogP contribution in [0.4, 0.5) is 4.39 Å². The minimum Gasteiger partial charge on any atom is -0.494 e. The number of para-hydroxylation sites is 1. The Bertz CT molecular complexity index is 628. The van der Waals surface area contributed by atoms with Crippen molar-refractivity contribution >= 4 is 5.91 Å². The Kier molecular flexibility index (Phi) is 5.95. The first kappa shape index (κ1) is 16.0. The molecule has 3 nitrogen and oxygen atoms in total. The predicted octanol–water partition coefficient (Wildman–Crippen LogP) is 3.47. The number of carbonyl (C=O) groups excluding carboxylic acids is 1. The van der Waals surface area contributed by atoms with Gasteiger partial charge in [-0.1, -0.05) is 30.3 Å². The third kappa shape index (κ3) is 4.88. The maximum Gasteiger partial charge on any atom is 0.220 e. The van der Waals surface area contributed by atoms with Crippen LogP contribution in [-0.2, 0) is 17.8 Å². The fraction of sp³-hybridized carbons (Fsp3) is 0.278. The van der Waals surface area contributed by atoms with Crippen LogP contribution in [0.3, 0.4) is 0 Å². The summed E-state index contributed by atoms with van der Waals surface area (Å²) in [4.78, 5) is 11.9. The van der Waals surface area contributed by atoms with E-state index in [2.05, 4.69) is 5.32 Å². The molecule has 0 spiro atoms. The molecule has 0 aromatic heterocycles. The van der Waals surface area contributed by atoms with Crippen molar-refractivity contribution in [3.63, 3.8) is 0 Å². The number of halogens is 1. The normalized spacial score (nSPS) is 10.3. The average molecular weight is 301 g/mol. The van der Waals surface area contributed by atoms with Gasteiger partial charge in [-0.25, -0.2) is 4.39 Å². The first-order valence-corrected chi connectivity index (χ1v) is 7.41. The van der Waals surface area contributed by atoms with Gasteiger partial charge in [0.25, 0.3) is 0 Å². The lowest BCUT2D eigenvalue weighted by molar-refractivity contribution is -0.121. The molecule has 0 aliphatic carbocycles. The molecular formula is C18H20FNO2. The molecule has 4 heteroatoms. The van der Waals surface area contributed by atoms with Crippen molar-refractivity contribution in [1.29, 1.82) is 0 Å². The molecule has 0 heterocycles. The van der Waals surface area contributed by atoms with Gasteiger partial charge in [-0.3, -0.25) is 4.79 Å². The van der Waals surface area contributed by atoms with E-state index in [0.717, 1.165) is 16.9 Å². The van der Waals surface area contributed by atoms with Gasteiger partial charge in [0.05, 0.1) is 6.61 Å². The highest BCUT2D eigenvalue weighted by Gasteiger charge is 2.06. The standard InChI is InChI=1S/C18H20FNO2/c1-2-22-17-9-4-3-7-15(17)10-11-18(21)20-13-14-6-5-8-16(19)12-14/h3-9,12H,2,10-11,13H2,1H3,(H,20,21). The van der Waals surface area contributed by atoms with Crippen molar-refractivity contribution in [3.8, 4) is 5.75 Å². The average Bonchev–Trinajstić information content (AvgIpc) is 2.52. The number of ether oxygens (including phenoxy) is 1. The summed E-state index contributed by atoms with van der Waals surface area (Å²) in [6.07, 6.45) is 0.991. The van der Waals surface area contributed by atoms with Gasteiger partial charge in [0.15, 0.2) is 0 Å². The molecule has 0 bridgehead atoms. The quantitative estimate of drug-likeness (QED) is 0.850. The third-order valence-electron chi connectivity index (χ3n) is 3.27. The van der Waals surface area contributed by atoms with Crippen LogP contribution in [0.1, 0.15) is 24.5 Å². The fourth-order valence-electron chi connectivity index (χ4n) is 2.19. The second-order valence-corrected chi connectivity index (χ2v) is 4.95. The van der Waals surface area contributed by atoms with Crippen LogP contribution in [0.25, 0.3) is 0 Å². The highest BCUT2D eigenvalue weighted by Crippen LogP contribution is 2.19. The number of benzene rings is 2. The highest BCUT2D eigenvalue weighted by atomic mass is 19.1. The molecule has 0 aliphatic rings. The summed E-state index contributed by atoms with van der Waals surface area (Å²) >= 11 is 0. The van der Waals surface area contributed by atoms with Crippen LogP contribution in [0.15, 0.2) is 48.5 Å². The molecule has 2 aromatic carbocycles. The van der Waals surface area contributed by atoms with E-state index in [1.807, 2.05) is 31.2 Å². The van der Waals surface area contributed by atoms with Crippen molar-refractivity contribution in [3.05, 3.63) is 65.5 Å². The second-order valence-electron chi connectivity index (χ2n) is 4.95. The molecule has 0 aliphatic heterocycles. The number of nitrogens with one attached hydrogen (secondary N) is 1. The summed E-state index contributed by atoms with van der Waals surface area (Å²) < 4.78 is 18.6. The molecule has 116 valence electrons. The van der Waals surface area contributed by atoms with Crippen LogP contribution in [0.5, 0.6) is 5.75 Å². The van der Waals surface area contributed by atoms with Gasteiger partial charge >= 0.3 is 0 Å². The smallest absolute Gasteiger partial charge is 0.220 e. The lowest BCUT2D eigenvalue weighted by Gasteiger charge is -2.10. The number of aryl methyl sites for hydroxylation is 1. The van der Waals surface area contributed by atoms with E-state index in [4.69, 9.17) is 4.74 Å². The number of rotatable bonds is 7. The zero-order chi connectivity index (χ0) is 15.8. The van der Waals surface area contributed by atoms with E-state index in [0.29, 0.717) is 26.0 Å². The molecule has 22 heavy (non-hydrogen) atoms. The highest BCUT2D eigenvalue weighted by molar-refractivity contribution is 5.76. The molecule has 1 amide bonds. The van der Waals surface area contributed by atoms with Crippen LogP contribution >= 0.6 is 0 Å². The van der Waals surface area contributed by atoms with Gasteiger partial charge in [-0.15, -0.1) is 0 Å². The Morgan fingerprint density at radius 2 is 2.00 bits per heavy atom. The summed E-state index contributed by atoms with van der Waals surface area (Å²) in [5.41, 5.74) is 1.77. The van der Waals surface area contributed by atoms with Crippen molar-refractivity contribution < 1.29 is 13.9 Å². The third-order valence-corrected chi connectivity index (χ3v) is 3.27. The van der Waals surface area contributed by atoms with Crippen LogP contribution < -0.4 is 10.1 Å². The van der Waals surface area contributed by atoms with E-state index in [-0.39, 0.29) is 11.7 Å². The second kappa shape index (κ2) is 8.17. The maximum atomic E-state index is 13.1. The van der Waals surface area contributed by atoms with E-state index in [9.17, 15) is 9.18 Å². The summed E-state index contributed by atoms with van der Waals surface area (Å²) in [7, 11) is 0. The predicted molar refractivity (Wildman–Crippen MR) is 84.2 cm³/mol. The Balaban J connectivity index is 1.83. The van der Waals surface area contributed by atoms with Crippen LogP contribution in [0.2, 0.25) is 0 Å². The maximum absolute atomic E-state index is 13.1. The zero-order valence-electron chi connectivity index (χ0n) is 12.6. The molecule has 0 saturated heterocycles. The zero-order valence-corrected chi connectivity index (χ0v) is 12.6. The number of amides is 1. The van der Waals surface area contributed by atoms with Crippen molar-refractivity contribution in [2.75, 3.05) is 6.61 Å². The molecular weight excluding hydrogens is 281 g/mol. The molecule has 0 saturated carbocycles. The van der Waals surface area contributed by atoms with E-state index in [1.54, 1.807) is 12.1 Å². The summed E-state index contributed by atoms with van der Waals surface area (Å²) in [5.74, 6) is 0.468. The minimum absolute atomic E-state index is 0.0597. The molecule has 2 aromatic rings. The molecule has 0 atom stereocenters. The Hall–Kier alpha value is -2.36. The summed E-state index contributed by atoms with van der Waals surface area (Å²) in [6.45, 7) is 2.87. The first-order valence-electron chi connectivity index (χ1n) is 7.41.